The zero-order valence-corrected chi connectivity index (χ0v) is 21.2. The summed E-state index contributed by atoms with van der Waals surface area (Å²) < 4.78 is 12.0. The van der Waals surface area contributed by atoms with Crippen LogP contribution in [0.5, 0.6) is 5.75 Å². The lowest BCUT2D eigenvalue weighted by molar-refractivity contribution is 0.0970. The number of fused-ring (bicyclic) bond motifs is 2. The molecule has 1 aromatic heterocycles. The number of ketones is 1. The lowest BCUT2D eigenvalue weighted by Crippen LogP contribution is -2.29. The zero-order chi connectivity index (χ0) is 26.1. The Morgan fingerprint density at radius 3 is 2.51 bits per heavy atom. The SMILES string of the molecule is CCCCCOc1cccc(C2c3c(oc4ccc(C)cc4c3=O)C(=O)N2c2ccc(C(C)=O)cc2)c1. The molecule has 0 radical (unpaired) electrons. The number of carbonyl (C=O) groups is 2. The van der Waals surface area contributed by atoms with Crippen molar-refractivity contribution in [1.82, 2.24) is 0 Å². The quantitative estimate of drug-likeness (QED) is 0.203. The van der Waals surface area contributed by atoms with Crippen LogP contribution >= 0.6 is 0 Å². The van der Waals surface area contributed by atoms with Gasteiger partial charge in [0, 0.05) is 11.3 Å². The van der Waals surface area contributed by atoms with Crippen molar-refractivity contribution in [3.8, 4) is 5.75 Å². The van der Waals surface area contributed by atoms with Gasteiger partial charge >= 0.3 is 0 Å². The predicted molar refractivity (Wildman–Crippen MR) is 144 cm³/mol. The summed E-state index contributed by atoms with van der Waals surface area (Å²) in [6, 6.07) is 19.0. The molecule has 6 heteroatoms. The molecule has 1 aliphatic heterocycles. The third-order valence-corrected chi connectivity index (χ3v) is 6.77. The maximum atomic E-state index is 13.8. The number of rotatable bonds is 8. The number of hydrogen-bond acceptors (Lipinski definition) is 5. The molecule has 37 heavy (non-hydrogen) atoms. The van der Waals surface area contributed by atoms with Crippen molar-refractivity contribution in [3.05, 3.63) is 105 Å². The highest BCUT2D eigenvalue weighted by Gasteiger charge is 2.43. The van der Waals surface area contributed by atoms with Crippen molar-refractivity contribution < 1.29 is 18.7 Å². The molecule has 0 saturated heterocycles. The molecule has 0 N–H and O–H groups in total. The van der Waals surface area contributed by atoms with Gasteiger partial charge in [-0.15, -0.1) is 0 Å². The van der Waals surface area contributed by atoms with E-state index in [2.05, 4.69) is 6.92 Å². The molecular weight excluding hydrogens is 466 g/mol. The topological polar surface area (TPSA) is 76.8 Å². The number of ether oxygens (including phenoxy) is 1. The van der Waals surface area contributed by atoms with Gasteiger partial charge in [0.05, 0.1) is 23.6 Å². The standard InChI is InChI=1S/C31H29NO5/c1-4-5-6-16-36-24-9-7-8-22(18-24)28-27-29(34)25-17-19(2)10-15-26(25)37-30(27)31(35)32(28)23-13-11-21(12-14-23)20(3)33/h7-15,17-18,28H,4-6,16H2,1-3H3. The van der Waals surface area contributed by atoms with Gasteiger partial charge in [0.2, 0.25) is 5.76 Å². The number of unbranched alkanes of at least 4 members (excludes halogenated alkanes) is 2. The third kappa shape index (κ3) is 4.55. The average Bonchev–Trinajstić information content (AvgIpc) is 3.19. The number of anilines is 1. The van der Waals surface area contributed by atoms with E-state index in [1.165, 1.54) is 6.92 Å². The highest BCUT2D eigenvalue weighted by atomic mass is 16.5. The molecule has 0 bridgehead atoms. The minimum Gasteiger partial charge on any atom is -0.494 e. The summed E-state index contributed by atoms with van der Waals surface area (Å²) in [7, 11) is 0. The molecule has 1 atom stereocenters. The molecule has 5 rings (SSSR count). The molecule has 2 heterocycles. The predicted octanol–water partition coefficient (Wildman–Crippen LogP) is 6.62. The van der Waals surface area contributed by atoms with Crippen LogP contribution in [0.15, 0.2) is 75.9 Å². The monoisotopic (exact) mass is 495 g/mol. The number of carbonyl (C=O) groups excluding carboxylic acids is 2. The first-order chi connectivity index (χ1) is 17.9. The number of hydrogen-bond donors (Lipinski definition) is 0. The fraction of sp³-hybridized carbons (Fsp3) is 0.258. The Morgan fingerprint density at radius 2 is 1.78 bits per heavy atom. The first-order valence-electron chi connectivity index (χ1n) is 12.6. The largest absolute Gasteiger partial charge is 0.494 e. The van der Waals surface area contributed by atoms with Crippen LogP contribution in [0.1, 0.15) is 76.8 Å². The van der Waals surface area contributed by atoms with Crippen LogP contribution in [0.3, 0.4) is 0 Å². The van der Waals surface area contributed by atoms with Gasteiger partial charge in [-0.2, -0.15) is 0 Å². The summed E-state index contributed by atoms with van der Waals surface area (Å²) in [6.07, 6.45) is 3.14. The summed E-state index contributed by atoms with van der Waals surface area (Å²) in [5.74, 6) is 0.258. The van der Waals surface area contributed by atoms with Crippen molar-refractivity contribution in [2.24, 2.45) is 0 Å². The van der Waals surface area contributed by atoms with Crippen molar-refractivity contribution >= 4 is 28.3 Å². The van der Waals surface area contributed by atoms with Gasteiger partial charge in [0.1, 0.15) is 11.3 Å². The number of amides is 1. The van der Waals surface area contributed by atoms with E-state index in [1.54, 1.807) is 41.3 Å². The van der Waals surface area contributed by atoms with Crippen molar-refractivity contribution in [2.45, 2.75) is 46.1 Å². The Balaban J connectivity index is 1.66. The van der Waals surface area contributed by atoms with Crippen molar-refractivity contribution in [3.63, 3.8) is 0 Å². The van der Waals surface area contributed by atoms with Crippen molar-refractivity contribution in [1.29, 1.82) is 0 Å². The Morgan fingerprint density at radius 1 is 1.00 bits per heavy atom. The molecule has 0 saturated carbocycles. The fourth-order valence-electron chi connectivity index (χ4n) is 4.84. The van der Waals surface area contributed by atoms with Crippen LogP contribution < -0.4 is 15.1 Å². The van der Waals surface area contributed by atoms with Crippen LogP contribution in [0.25, 0.3) is 11.0 Å². The zero-order valence-electron chi connectivity index (χ0n) is 21.2. The van der Waals surface area contributed by atoms with E-state index in [4.69, 9.17) is 9.15 Å². The second-order valence-electron chi connectivity index (χ2n) is 9.48. The molecule has 0 fully saturated rings. The normalized spacial score (nSPS) is 14.7. The van der Waals surface area contributed by atoms with E-state index in [1.807, 2.05) is 37.3 Å². The van der Waals surface area contributed by atoms with Gasteiger partial charge in [-0.3, -0.25) is 19.3 Å². The molecule has 0 aliphatic carbocycles. The van der Waals surface area contributed by atoms with E-state index < -0.39 is 11.9 Å². The van der Waals surface area contributed by atoms with Crippen LogP contribution in [-0.4, -0.2) is 18.3 Å². The molecule has 0 spiro atoms. The van der Waals surface area contributed by atoms with E-state index in [9.17, 15) is 14.4 Å². The van der Waals surface area contributed by atoms with Gasteiger partial charge in [-0.05, 0) is 74.4 Å². The molecule has 3 aromatic carbocycles. The molecule has 1 aliphatic rings. The molecule has 1 unspecified atom stereocenters. The van der Waals surface area contributed by atoms with Gasteiger partial charge in [0.15, 0.2) is 11.2 Å². The molecular formula is C31H29NO5. The average molecular weight is 496 g/mol. The minimum atomic E-state index is -0.703. The summed E-state index contributed by atoms with van der Waals surface area (Å²) >= 11 is 0. The van der Waals surface area contributed by atoms with E-state index in [0.717, 1.165) is 30.4 Å². The van der Waals surface area contributed by atoms with Gasteiger partial charge in [-0.25, -0.2) is 0 Å². The first-order valence-corrected chi connectivity index (χ1v) is 12.6. The number of nitrogens with zero attached hydrogens (tertiary/aromatic N) is 1. The molecule has 4 aromatic rings. The lowest BCUT2D eigenvalue weighted by atomic mass is 9.97. The van der Waals surface area contributed by atoms with E-state index >= 15 is 0 Å². The smallest absolute Gasteiger partial charge is 0.295 e. The summed E-state index contributed by atoms with van der Waals surface area (Å²) in [5.41, 5.74) is 3.25. The Bertz CT molecular complexity index is 1550. The van der Waals surface area contributed by atoms with Crippen molar-refractivity contribution in [2.75, 3.05) is 11.5 Å². The number of benzene rings is 3. The van der Waals surface area contributed by atoms with Gasteiger partial charge in [-0.1, -0.05) is 43.5 Å². The van der Waals surface area contributed by atoms with Crippen LogP contribution in [-0.2, 0) is 0 Å². The number of aryl methyl sites for hydroxylation is 1. The van der Waals surface area contributed by atoms with Gasteiger partial charge in [0.25, 0.3) is 5.91 Å². The molecule has 188 valence electrons. The summed E-state index contributed by atoms with van der Waals surface area (Å²) in [4.78, 5) is 41.0. The highest BCUT2D eigenvalue weighted by molar-refractivity contribution is 6.11. The Labute approximate surface area is 215 Å². The second kappa shape index (κ2) is 10.1. The second-order valence-corrected chi connectivity index (χ2v) is 9.48. The highest BCUT2D eigenvalue weighted by Crippen LogP contribution is 2.42. The third-order valence-electron chi connectivity index (χ3n) is 6.77. The van der Waals surface area contributed by atoms with Crippen LogP contribution in [0, 0.1) is 6.92 Å². The maximum Gasteiger partial charge on any atom is 0.295 e. The lowest BCUT2D eigenvalue weighted by Gasteiger charge is -2.25. The van der Waals surface area contributed by atoms with Crippen LogP contribution in [0.4, 0.5) is 5.69 Å². The first kappa shape index (κ1) is 24.5. The van der Waals surface area contributed by atoms with E-state index in [-0.39, 0.29) is 17.0 Å². The Hall–Kier alpha value is -4.19. The van der Waals surface area contributed by atoms with Gasteiger partial charge < -0.3 is 9.15 Å². The Kier molecular flexibility index (Phi) is 6.66. The summed E-state index contributed by atoms with van der Waals surface area (Å²) in [5, 5.41) is 0.442. The molecule has 1 amide bonds. The fourth-order valence-corrected chi connectivity index (χ4v) is 4.84. The van der Waals surface area contributed by atoms with E-state index in [0.29, 0.717) is 40.1 Å². The maximum absolute atomic E-state index is 13.8. The molecule has 6 nitrogen and oxygen atoms in total. The summed E-state index contributed by atoms with van der Waals surface area (Å²) in [6.45, 7) is 6.15. The van der Waals surface area contributed by atoms with Crippen LogP contribution in [0.2, 0.25) is 0 Å². The minimum absolute atomic E-state index is 0.0382. The number of Topliss-reactive ketones (excluding diaryl/α,β-unsaturated/α-hetero) is 1.